The number of hydrogen-bond acceptors (Lipinski definition) is 6. The molecule has 2 aromatic rings. The lowest BCUT2D eigenvalue weighted by molar-refractivity contribution is 0.341. The van der Waals surface area contributed by atoms with Crippen LogP contribution in [0.3, 0.4) is 0 Å². The molecule has 0 bridgehead atoms. The topological polar surface area (TPSA) is 75.9 Å². The van der Waals surface area contributed by atoms with Crippen molar-refractivity contribution in [3.05, 3.63) is 41.9 Å². The van der Waals surface area contributed by atoms with Crippen LogP contribution >= 0.6 is 0 Å². The van der Waals surface area contributed by atoms with Crippen molar-refractivity contribution in [3.63, 3.8) is 0 Å². The molecule has 2 rings (SSSR count). The zero-order valence-corrected chi connectivity index (χ0v) is 15.9. The van der Waals surface area contributed by atoms with E-state index in [1.807, 2.05) is 21.0 Å². The summed E-state index contributed by atoms with van der Waals surface area (Å²) in [5, 5.41) is 3.86. The minimum atomic E-state index is -3.87. The Morgan fingerprint density at radius 3 is 2.56 bits per heavy atom. The number of ether oxygens (including phenoxy) is 1. The van der Waals surface area contributed by atoms with Gasteiger partial charge in [-0.2, -0.15) is 0 Å². The first-order valence-electron chi connectivity index (χ1n) is 7.80. The lowest BCUT2D eigenvalue weighted by Gasteiger charge is -2.21. The monoisotopic (exact) mass is 365 g/mol. The standard InChI is InChI=1S/C17H23N3O4S/c1-6-23-16-10-8-7-9-15(16)20(5)25(21,22)17-13(2)24-18-14(17)11-12-19(3)4/h7-12H,6H2,1-5H3/b12-11+. The summed E-state index contributed by atoms with van der Waals surface area (Å²) >= 11 is 0. The fraction of sp³-hybridized carbons (Fsp3) is 0.353. The van der Waals surface area contributed by atoms with Gasteiger partial charge < -0.3 is 14.2 Å². The van der Waals surface area contributed by atoms with Gasteiger partial charge in [-0.15, -0.1) is 0 Å². The number of benzene rings is 1. The molecule has 1 heterocycles. The first-order valence-corrected chi connectivity index (χ1v) is 9.24. The maximum absolute atomic E-state index is 13.2. The van der Waals surface area contributed by atoms with E-state index in [2.05, 4.69) is 5.16 Å². The van der Waals surface area contributed by atoms with Crippen LogP contribution in [0.15, 0.2) is 39.9 Å². The van der Waals surface area contributed by atoms with E-state index < -0.39 is 10.0 Å². The Balaban J connectivity index is 2.51. The molecular weight excluding hydrogens is 342 g/mol. The first-order chi connectivity index (χ1) is 11.8. The molecule has 0 saturated heterocycles. The zero-order valence-electron chi connectivity index (χ0n) is 15.1. The van der Waals surface area contributed by atoms with Crippen molar-refractivity contribution in [1.29, 1.82) is 0 Å². The molecule has 7 nitrogen and oxygen atoms in total. The Bertz CT molecular complexity index is 857. The fourth-order valence-corrected chi connectivity index (χ4v) is 3.74. The van der Waals surface area contributed by atoms with Gasteiger partial charge >= 0.3 is 0 Å². The van der Waals surface area contributed by atoms with Gasteiger partial charge in [-0.3, -0.25) is 4.31 Å². The van der Waals surface area contributed by atoms with Gasteiger partial charge in [-0.05, 0) is 32.1 Å². The van der Waals surface area contributed by atoms with Crippen molar-refractivity contribution in [3.8, 4) is 5.75 Å². The molecule has 0 radical (unpaired) electrons. The summed E-state index contributed by atoms with van der Waals surface area (Å²) in [4.78, 5) is 1.83. The normalized spacial score (nSPS) is 11.7. The van der Waals surface area contributed by atoms with E-state index in [9.17, 15) is 8.42 Å². The smallest absolute Gasteiger partial charge is 0.269 e. The molecule has 0 atom stereocenters. The third-order valence-corrected chi connectivity index (χ3v) is 5.42. The first kappa shape index (κ1) is 18.9. The quantitative estimate of drug-likeness (QED) is 0.751. The number of hydrogen-bond donors (Lipinski definition) is 0. The maximum atomic E-state index is 13.2. The summed E-state index contributed by atoms with van der Waals surface area (Å²) in [6, 6.07) is 6.99. The second-order valence-corrected chi connectivity index (χ2v) is 7.51. The fourth-order valence-electron chi connectivity index (χ4n) is 2.28. The molecule has 0 saturated carbocycles. The molecule has 0 fully saturated rings. The largest absolute Gasteiger partial charge is 0.492 e. The second kappa shape index (κ2) is 7.60. The van der Waals surface area contributed by atoms with Gasteiger partial charge in [0, 0.05) is 27.3 Å². The van der Waals surface area contributed by atoms with Crippen LogP contribution in [-0.2, 0) is 10.0 Å². The van der Waals surface area contributed by atoms with E-state index in [4.69, 9.17) is 9.26 Å². The number of nitrogens with zero attached hydrogens (tertiary/aromatic N) is 3. The number of aromatic nitrogens is 1. The van der Waals surface area contributed by atoms with Gasteiger partial charge in [0.05, 0.1) is 12.3 Å². The van der Waals surface area contributed by atoms with E-state index in [0.29, 0.717) is 18.0 Å². The van der Waals surface area contributed by atoms with Crippen molar-refractivity contribution >= 4 is 21.8 Å². The van der Waals surface area contributed by atoms with E-state index in [-0.39, 0.29) is 16.3 Å². The highest BCUT2D eigenvalue weighted by Crippen LogP contribution is 2.33. The predicted octanol–water partition coefficient (Wildman–Crippen LogP) is 2.74. The van der Waals surface area contributed by atoms with Crippen LogP contribution < -0.4 is 9.04 Å². The van der Waals surface area contributed by atoms with Crippen LogP contribution in [0, 0.1) is 6.92 Å². The molecule has 8 heteroatoms. The van der Waals surface area contributed by atoms with Crippen LogP contribution in [0.1, 0.15) is 18.4 Å². The van der Waals surface area contributed by atoms with Gasteiger partial charge in [-0.1, -0.05) is 17.3 Å². The average molecular weight is 365 g/mol. The Hall–Kier alpha value is -2.48. The Morgan fingerprint density at radius 1 is 1.24 bits per heavy atom. The van der Waals surface area contributed by atoms with Crippen molar-refractivity contribution in [1.82, 2.24) is 10.1 Å². The van der Waals surface area contributed by atoms with E-state index in [0.717, 1.165) is 0 Å². The molecule has 0 aliphatic heterocycles. The van der Waals surface area contributed by atoms with Crippen LogP contribution in [0.25, 0.3) is 6.08 Å². The highest BCUT2D eigenvalue weighted by Gasteiger charge is 2.31. The summed E-state index contributed by atoms with van der Waals surface area (Å²) < 4.78 is 38.2. The molecule has 0 aliphatic carbocycles. The van der Waals surface area contributed by atoms with E-state index in [1.165, 1.54) is 11.4 Å². The van der Waals surface area contributed by atoms with Gasteiger partial charge in [0.25, 0.3) is 10.0 Å². The van der Waals surface area contributed by atoms with Crippen molar-refractivity contribution < 1.29 is 17.7 Å². The highest BCUT2D eigenvalue weighted by atomic mass is 32.2. The van der Waals surface area contributed by atoms with Crippen LogP contribution in [-0.4, -0.2) is 46.2 Å². The van der Waals surface area contributed by atoms with Gasteiger partial charge in [-0.25, -0.2) is 8.42 Å². The molecular formula is C17H23N3O4S. The molecule has 1 aromatic heterocycles. The van der Waals surface area contributed by atoms with Gasteiger partial charge in [0.2, 0.25) is 0 Å². The summed E-state index contributed by atoms with van der Waals surface area (Å²) in [7, 11) is 1.28. The number of para-hydroxylation sites is 2. The number of anilines is 1. The lowest BCUT2D eigenvalue weighted by atomic mass is 10.3. The Labute approximate surface area is 148 Å². The zero-order chi connectivity index (χ0) is 18.6. The highest BCUT2D eigenvalue weighted by molar-refractivity contribution is 7.93. The Morgan fingerprint density at radius 2 is 1.92 bits per heavy atom. The molecule has 0 spiro atoms. The molecule has 0 aliphatic rings. The van der Waals surface area contributed by atoms with Crippen molar-refractivity contribution in [2.45, 2.75) is 18.7 Å². The van der Waals surface area contributed by atoms with Crippen LogP contribution in [0.4, 0.5) is 5.69 Å². The van der Waals surface area contributed by atoms with Gasteiger partial charge in [0.1, 0.15) is 11.4 Å². The maximum Gasteiger partial charge on any atom is 0.269 e. The SMILES string of the molecule is CCOc1ccccc1N(C)S(=O)(=O)c1c(/C=C/N(C)C)noc1C. The third kappa shape index (κ3) is 3.96. The van der Waals surface area contributed by atoms with Crippen LogP contribution in [0.2, 0.25) is 0 Å². The summed E-state index contributed by atoms with van der Waals surface area (Å²) in [6.45, 7) is 3.86. The molecule has 136 valence electrons. The van der Waals surface area contributed by atoms with Crippen LogP contribution in [0.5, 0.6) is 5.75 Å². The molecule has 0 unspecified atom stereocenters. The molecule has 25 heavy (non-hydrogen) atoms. The average Bonchev–Trinajstić information content (AvgIpc) is 2.94. The molecule has 0 N–H and O–H groups in total. The molecule has 0 amide bonds. The predicted molar refractivity (Wildman–Crippen MR) is 97.2 cm³/mol. The lowest BCUT2D eigenvalue weighted by Crippen LogP contribution is -2.28. The summed E-state index contributed by atoms with van der Waals surface area (Å²) in [5.74, 6) is 0.731. The number of aryl methyl sites for hydroxylation is 1. The van der Waals surface area contributed by atoms with Crippen molar-refractivity contribution in [2.24, 2.45) is 0 Å². The van der Waals surface area contributed by atoms with Gasteiger partial charge in [0.15, 0.2) is 10.7 Å². The summed E-state index contributed by atoms with van der Waals surface area (Å²) in [6.07, 6.45) is 3.32. The Kier molecular flexibility index (Phi) is 5.73. The number of sulfonamides is 1. The second-order valence-electron chi connectivity index (χ2n) is 5.61. The minimum Gasteiger partial charge on any atom is -0.492 e. The van der Waals surface area contributed by atoms with Crippen molar-refractivity contribution in [2.75, 3.05) is 32.1 Å². The third-order valence-electron chi connectivity index (χ3n) is 3.49. The molecule has 1 aromatic carbocycles. The van der Waals surface area contributed by atoms with E-state index >= 15 is 0 Å². The summed E-state index contributed by atoms with van der Waals surface area (Å²) in [5.41, 5.74) is 0.708. The number of rotatable bonds is 7. The van der Waals surface area contributed by atoms with E-state index in [1.54, 1.807) is 48.4 Å². The minimum absolute atomic E-state index is 0.0411.